The molecule has 7 nitrogen and oxygen atoms in total. The zero-order valence-corrected chi connectivity index (χ0v) is 10.6. The summed E-state index contributed by atoms with van der Waals surface area (Å²) in [5.41, 5.74) is 0. The lowest BCUT2D eigenvalue weighted by Crippen LogP contribution is -2.57. The molecule has 0 saturated carbocycles. The first kappa shape index (κ1) is 13.2. The Kier molecular flexibility index (Phi) is 3.59. The van der Waals surface area contributed by atoms with E-state index in [0.29, 0.717) is 6.54 Å². The molecule has 0 spiro atoms. The van der Waals surface area contributed by atoms with Gasteiger partial charge in [0.25, 0.3) is 0 Å². The second-order valence-electron chi connectivity index (χ2n) is 4.11. The molecule has 1 aromatic rings. The molecule has 19 heavy (non-hydrogen) atoms. The number of anilines is 2. The van der Waals surface area contributed by atoms with Crippen molar-refractivity contribution in [2.45, 2.75) is 19.9 Å². The van der Waals surface area contributed by atoms with Crippen molar-refractivity contribution in [3.8, 4) is 0 Å². The summed E-state index contributed by atoms with van der Waals surface area (Å²) >= 11 is 0. The molecule has 0 bridgehead atoms. The van der Waals surface area contributed by atoms with Gasteiger partial charge in [-0.2, -0.15) is 4.98 Å². The van der Waals surface area contributed by atoms with E-state index in [0.717, 1.165) is 6.20 Å². The highest BCUT2D eigenvalue weighted by Crippen LogP contribution is 2.21. The van der Waals surface area contributed by atoms with Gasteiger partial charge in [-0.15, -0.1) is 0 Å². The Morgan fingerprint density at radius 2 is 2.32 bits per heavy atom. The molecule has 1 atom stereocenters. The van der Waals surface area contributed by atoms with Gasteiger partial charge < -0.3 is 10.2 Å². The predicted molar refractivity (Wildman–Crippen MR) is 66.1 cm³/mol. The molecule has 1 aromatic heterocycles. The zero-order valence-electron chi connectivity index (χ0n) is 10.6. The molecule has 102 valence electrons. The van der Waals surface area contributed by atoms with Crippen LogP contribution in [-0.2, 0) is 9.59 Å². The standard InChI is InChI=1S/C11H14FN5O2/c1-3-13-11-14-4-7(12)9(16-11)17-5-8(18)15-10(19)6(17)2/h4,6H,3,5H2,1-2H3,(H,13,14,16)(H,15,18,19). The highest BCUT2D eigenvalue weighted by molar-refractivity contribution is 6.04. The number of aromatic nitrogens is 2. The van der Waals surface area contributed by atoms with Crippen molar-refractivity contribution < 1.29 is 14.0 Å². The van der Waals surface area contributed by atoms with Crippen LogP contribution in [0.1, 0.15) is 13.8 Å². The lowest BCUT2D eigenvalue weighted by Gasteiger charge is -2.32. The van der Waals surface area contributed by atoms with Gasteiger partial charge in [0.15, 0.2) is 11.6 Å². The number of halogens is 1. The van der Waals surface area contributed by atoms with Crippen LogP contribution < -0.4 is 15.5 Å². The highest BCUT2D eigenvalue weighted by Gasteiger charge is 2.32. The number of rotatable bonds is 3. The first-order valence-electron chi connectivity index (χ1n) is 5.89. The van der Waals surface area contributed by atoms with Crippen LogP contribution in [0, 0.1) is 5.82 Å². The van der Waals surface area contributed by atoms with E-state index in [4.69, 9.17) is 0 Å². The highest BCUT2D eigenvalue weighted by atomic mass is 19.1. The zero-order chi connectivity index (χ0) is 14.0. The summed E-state index contributed by atoms with van der Waals surface area (Å²) in [6, 6.07) is -0.670. The third-order valence-corrected chi connectivity index (χ3v) is 2.76. The molecule has 1 unspecified atom stereocenters. The Morgan fingerprint density at radius 1 is 1.58 bits per heavy atom. The smallest absolute Gasteiger partial charge is 0.249 e. The van der Waals surface area contributed by atoms with E-state index >= 15 is 0 Å². The van der Waals surface area contributed by atoms with Gasteiger partial charge in [0, 0.05) is 6.54 Å². The minimum Gasteiger partial charge on any atom is -0.354 e. The molecule has 2 N–H and O–H groups in total. The second kappa shape index (κ2) is 5.17. The Labute approximate surface area is 109 Å². The number of imide groups is 1. The van der Waals surface area contributed by atoms with Crippen molar-refractivity contribution in [3.63, 3.8) is 0 Å². The van der Waals surface area contributed by atoms with Gasteiger partial charge in [-0.25, -0.2) is 9.37 Å². The maximum Gasteiger partial charge on any atom is 0.249 e. The average molecular weight is 267 g/mol. The number of piperazine rings is 1. The molecular formula is C11H14FN5O2. The van der Waals surface area contributed by atoms with E-state index < -0.39 is 23.7 Å². The third kappa shape index (κ3) is 2.61. The van der Waals surface area contributed by atoms with Crippen LogP contribution in [0.5, 0.6) is 0 Å². The van der Waals surface area contributed by atoms with E-state index in [9.17, 15) is 14.0 Å². The van der Waals surface area contributed by atoms with Gasteiger partial charge in [0.05, 0.1) is 12.7 Å². The maximum absolute atomic E-state index is 13.8. The van der Waals surface area contributed by atoms with Crippen LogP contribution in [0.4, 0.5) is 16.2 Å². The normalized spacial score (nSPS) is 19.3. The number of carbonyl (C=O) groups excluding carboxylic acids is 2. The molecule has 1 saturated heterocycles. The fourth-order valence-corrected chi connectivity index (χ4v) is 1.78. The van der Waals surface area contributed by atoms with Gasteiger partial charge in [0.1, 0.15) is 6.04 Å². The van der Waals surface area contributed by atoms with Crippen molar-refractivity contribution in [1.29, 1.82) is 0 Å². The SMILES string of the molecule is CCNc1ncc(F)c(N2CC(=O)NC(=O)C2C)n1. The number of nitrogens with one attached hydrogen (secondary N) is 2. The van der Waals surface area contributed by atoms with E-state index in [1.807, 2.05) is 6.92 Å². The fourth-order valence-electron chi connectivity index (χ4n) is 1.78. The van der Waals surface area contributed by atoms with E-state index in [1.165, 1.54) is 4.90 Å². The van der Waals surface area contributed by atoms with Crippen molar-refractivity contribution in [1.82, 2.24) is 15.3 Å². The van der Waals surface area contributed by atoms with Gasteiger partial charge >= 0.3 is 0 Å². The summed E-state index contributed by atoms with van der Waals surface area (Å²) in [7, 11) is 0. The Bertz CT molecular complexity index is 522. The van der Waals surface area contributed by atoms with Crippen molar-refractivity contribution in [3.05, 3.63) is 12.0 Å². The molecule has 1 aliphatic rings. The number of carbonyl (C=O) groups is 2. The molecule has 0 aliphatic carbocycles. The van der Waals surface area contributed by atoms with Gasteiger partial charge in [-0.1, -0.05) is 0 Å². The summed E-state index contributed by atoms with van der Waals surface area (Å²) in [5, 5.41) is 5.04. The largest absolute Gasteiger partial charge is 0.354 e. The van der Waals surface area contributed by atoms with Gasteiger partial charge in [-0.3, -0.25) is 14.9 Å². The first-order chi connectivity index (χ1) is 9.02. The predicted octanol–water partition coefficient (Wildman–Crippen LogP) is -0.101. The third-order valence-electron chi connectivity index (χ3n) is 2.76. The summed E-state index contributed by atoms with van der Waals surface area (Å²) in [6.45, 7) is 3.90. The molecular weight excluding hydrogens is 253 g/mol. The van der Waals surface area contributed by atoms with Crippen molar-refractivity contribution in [2.24, 2.45) is 0 Å². The fraction of sp³-hybridized carbons (Fsp3) is 0.455. The number of hydrogen-bond donors (Lipinski definition) is 2. The Morgan fingerprint density at radius 3 is 3.00 bits per heavy atom. The molecule has 2 amide bonds. The molecule has 8 heteroatoms. The van der Waals surface area contributed by atoms with Crippen LogP contribution >= 0.6 is 0 Å². The molecule has 1 fully saturated rings. The monoisotopic (exact) mass is 267 g/mol. The summed E-state index contributed by atoms with van der Waals surface area (Å²) in [6.07, 6.45) is 1.02. The van der Waals surface area contributed by atoms with Crippen LogP contribution in [0.3, 0.4) is 0 Å². The number of amides is 2. The van der Waals surface area contributed by atoms with Crippen LogP contribution in [0.2, 0.25) is 0 Å². The molecule has 0 aromatic carbocycles. The average Bonchev–Trinajstić information content (AvgIpc) is 2.36. The molecule has 2 rings (SSSR count). The summed E-state index contributed by atoms with van der Waals surface area (Å²) in [5.74, 6) is -1.42. The lowest BCUT2D eigenvalue weighted by atomic mass is 10.2. The summed E-state index contributed by atoms with van der Waals surface area (Å²) < 4.78 is 13.8. The van der Waals surface area contributed by atoms with Crippen LogP contribution in [0.15, 0.2) is 6.20 Å². The van der Waals surface area contributed by atoms with E-state index in [1.54, 1.807) is 6.92 Å². The molecule has 2 heterocycles. The quantitative estimate of drug-likeness (QED) is 0.744. The maximum atomic E-state index is 13.8. The van der Waals surface area contributed by atoms with E-state index in [-0.39, 0.29) is 18.3 Å². The minimum absolute atomic E-state index is 0.0540. The Balaban J connectivity index is 2.36. The topological polar surface area (TPSA) is 87.2 Å². The number of hydrogen-bond acceptors (Lipinski definition) is 6. The van der Waals surface area contributed by atoms with Crippen molar-refractivity contribution in [2.75, 3.05) is 23.3 Å². The molecule has 0 radical (unpaired) electrons. The summed E-state index contributed by atoms with van der Waals surface area (Å²) in [4.78, 5) is 32.0. The first-order valence-corrected chi connectivity index (χ1v) is 5.89. The Hall–Kier alpha value is -2.25. The second-order valence-corrected chi connectivity index (χ2v) is 4.11. The van der Waals surface area contributed by atoms with Crippen molar-refractivity contribution >= 4 is 23.6 Å². The van der Waals surface area contributed by atoms with E-state index in [2.05, 4.69) is 20.6 Å². The minimum atomic E-state index is -0.670. The van der Waals surface area contributed by atoms with Crippen LogP contribution in [-0.4, -0.2) is 40.9 Å². The molecule has 1 aliphatic heterocycles. The number of nitrogens with zero attached hydrogens (tertiary/aromatic N) is 3. The lowest BCUT2D eigenvalue weighted by molar-refractivity contribution is -0.132. The van der Waals surface area contributed by atoms with Gasteiger partial charge in [-0.05, 0) is 13.8 Å². The van der Waals surface area contributed by atoms with Gasteiger partial charge in [0.2, 0.25) is 17.8 Å². The van der Waals surface area contributed by atoms with Crippen LogP contribution in [0.25, 0.3) is 0 Å².